The van der Waals surface area contributed by atoms with Gasteiger partial charge < -0.3 is 24.8 Å². The maximum atomic E-state index is 11.4. The Morgan fingerprint density at radius 1 is 0.826 bits per heavy atom. The summed E-state index contributed by atoms with van der Waals surface area (Å²) in [6.45, 7) is 7.24. The molecule has 2 N–H and O–H groups in total. The van der Waals surface area contributed by atoms with Crippen LogP contribution in [0.4, 0.5) is 0 Å². The molecule has 8 nitrogen and oxygen atoms in total. The molecule has 0 fully saturated rings. The van der Waals surface area contributed by atoms with Gasteiger partial charge in [0.2, 0.25) is 11.8 Å². The summed E-state index contributed by atoms with van der Waals surface area (Å²) in [5.74, 6) is -0.328. The van der Waals surface area contributed by atoms with Crippen molar-refractivity contribution in [2.24, 2.45) is 5.92 Å². The molecule has 0 aromatic rings. The van der Waals surface area contributed by atoms with E-state index in [2.05, 4.69) is 10.6 Å². The van der Waals surface area contributed by atoms with Crippen LogP contribution in [-0.4, -0.2) is 70.3 Å². The van der Waals surface area contributed by atoms with Crippen LogP contribution in [0.5, 0.6) is 0 Å². The van der Waals surface area contributed by atoms with E-state index in [4.69, 9.17) is 14.2 Å². The van der Waals surface area contributed by atoms with Crippen LogP contribution in [0, 0.1) is 5.92 Å². The van der Waals surface area contributed by atoms with E-state index >= 15 is 0 Å². The predicted octanol–water partition coefficient (Wildman–Crippen LogP) is -0.486. The number of carbonyl (C=O) groups is 3. The molecule has 0 aliphatic heterocycles. The van der Waals surface area contributed by atoms with E-state index in [1.807, 2.05) is 13.8 Å². The third-order valence-corrected chi connectivity index (χ3v) is 2.68. The first-order valence-electron chi connectivity index (χ1n) is 7.70. The fourth-order valence-electron chi connectivity index (χ4n) is 1.34. The van der Waals surface area contributed by atoms with Crippen molar-refractivity contribution < 1.29 is 28.6 Å². The highest BCUT2D eigenvalue weighted by Gasteiger charge is 2.06. The number of Topliss-reactive ketones (excluding diaryl/α,β-unsaturated/α-hetero) is 1. The van der Waals surface area contributed by atoms with E-state index in [-0.39, 0.29) is 43.3 Å². The molecule has 0 saturated heterocycles. The van der Waals surface area contributed by atoms with E-state index in [1.54, 1.807) is 0 Å². The maximum absolute atomic E-state index is 11.4. The molecule has 0 radical (unpaired) electrons. The summed E-state index contributed by atoms with van der Waals surface area (Å²) in [4.78, 5) is 33.2. The van der Waals surface area contributed by atoms with Crippen molar-refractivity contribution in [1.82, 2.24) is 10.6 Å². The molecule has 0 aliphatic carbocycles. The van der Waals surface area contributed by atoms with Crippen LogP contribution in [0.1, 0.15) is 20.8 Å². The van der Waals surface area contributed by atoms with Crippen molar-refractivity contribution in [3.63, 3.8) is 0 Å². The molecule has 0 aromatic carbocycles. The Bertz CT molecular complexity index is 360. The van der Waals surface area contributed by atoms with Crippen LogP contribution in [0.15, 0.2) is 0 Å². The molecule has 0 aliphatic rings. The van der Waals surface area contributed by atoms with Crippen LogP contribution in [0.3, 0.4) is 0 Å². The summed E-state index contributed by atoms with van der Waals surface area (Å²) in [5, 5.41) is 5.20. The zero-order valence-electron chi connectivity index (χ0n) is 14.2. The lowest BCUT2D eigenvalue weighted by Gasteiger charge is -2.08. The van der Waals surface area contributed by atoms with E-state index in [9.17, 15) is 14.4 Å². The summed E-state index contributed by atoms with van der Waals surface area (Å²) < 4.78 is 15.5. The maximum Gasteiger partial charge on any atom is 0.246 e. The molecule has 2 amide bonds. The molecule has 23 heavy (non-hydrogen) atoms. The number of amides is 2. The largest absolute Gasteiger partial charge is 0.377 e. The van der Waals surface area contributed by atoms with Gasteiger partial charge in [-0.15, -0.1) is 0 Å². The molecule has 0 heterocycles. The average Bonchev–Trinajstić information content (AvgIpc) is 2.48. The Labute approximate surface area is 137 Å². The van der Waals surface area contributed by atoms with E-state index < -0.39 is 0 Å². The monoisotopic (exact) mass is 332 g/mol. The minimum atomic E-state index is -0.241. The standard InChI is InChI=1S/C15H28N2O6/c1-12(2)14(19)10-23-9-8-21-6-5-17-15(20)11-22-7-4-16-13(3)18/h12H,4-11H2,1-3H3,(H,16,18)(H,17,20). The first-order valence-corrected chi connectivity index (χ1v) is 7.70. The van der Waals surface area contributed by atoms with Crippen LogP contribution in [0.2, 0.25) is 0 Å². The van der Waals surface area contributed by atoms with E-state index in [1.165, 1.54) is 6.92 Å². The Kier molecular flexibility index (Phi) is 13.2. The molecule has 0 bridgehead atoms. The summed E-state index contributed by atoms with van der Waals surface area (Å²) in [5.41, 5.74) is 0. The average molecular weight is 332 g/mol. The normalized spacial score (nSPS) is 10.6. The molecule has 0 saturated carbocycles. The molecular formula is C15H28N2O6. The van der Waals surface area contributed by atoms with Crippen LogP contribution in [-0.2, 0) is 28.6 Å². The van der Waals surface area contributed by atoms with Gasteiger partial charge in [0.05, 0.1) is 26.4 Å². The number of ketones is 1. The van der Waals surface area contributed by atoms with Crippen molar-refractivity contribution in [3.05, 3.63) is 0 Å². The molecule has 8 heteroatoms. The van der Waals surface area contributed by atoms with Crippen LogP contribution < -0.4 is 10.6 Å². The van der Waals surface area contributed by atoms with Gasteiger partial charge in [-0.25, -0.2) is 0 Å². The molecule has 0 aromatic heterocycles. The second-order valence-electron chi connectivity index (χ2n) is 5.17. The van der Waals surface area contributed by atoms with Crippen LogP contribution in [0.25, 0.3) is 0 Å². The highest BCUT2D eigenvalue weighted by Crippen LogP contribution is 1.94. The lowest BCUT2D eigenvalue weighted by atomic mass is 10.1. The predicted molar refractivity (Wildman–Crippen MR) is 84.0 cm³/mol. The van der Waals surface area contributed by atoms with Crippen molar-refractivity contribution >= 4 is 17.6 Å². The SMILES string of the molecule is CC(=O)NCCOCC(=O)NCCOCCOCC(=O)C(C)C. The van der Waals surface area contributed by atoms with Gasteiger partial charge in [-0.1, -0.05) is 13.8 Å². The van der Waals surface area contributed by atoms with Gasteiger partial charge >= 0.3 is 0 Å². The summed E-state index contributed by atoms with van der Waals surface area (Å²) in [6.07, 6.45) is 0. The van der Waals surface area contributed by atoms with Crippen molar-refractivity contribution in [2.45, 2.75) is 20.8 Å². The Hall–Kier alpha value is -1.51. The third kappa shape index (κ3) is 15.2. The van der Waals surface area contributed by atoms with Crippen LogP contribution >= 0.6 is 0 Å². The Balaban J connectivity index is 3.29. The quantitative estimate of drug-likeness (QED) is 0.416. The van der Waals surface area contributed by atoms with Crippen molar-refractivity contribution in [1.29, 1.82) is 0 Å². The third-order valence-electron chi connectivity index (χ3n) is 2.68. The van der Waals surface area contributed by atoms with Gasteiger partial charge in [-0.05, 0) is 0 Å². The molecule has 134 valence electrons. The topological polar surface area (TPSA) is 103 Å². The summed E-state index contributed by atoms with van der Waals surface area (Å²) in [6, 6.07) is 0. The first kappa shape index (κ1) is 21.5. The fourth-order valence-corrected chi connectivity index (χ4v) is 1.34. The minimum absolute atomic E-state index is 0.0217. The molecule has 0 spiro atoms. The van der Waals surface area contributed by atoms with Crippen molar-refractivity contribution in [2.75, 3.05) is 52.7 Å². The number of rotatable bonds is 14. The van der Waals surface area contributed by atoms with Gasteiger partial charge in [0.1, 0.15) is 13.2 Å². The summed E-state index contributed by atoms with van der Waals surface area (Å²) >= 11 is 0. The molecule has 0 unspecified atom stereocenters. The van der Waals surface area contributed by atoms with E-state index in [0.717, 1.165) is 0 Å². The number of hydrogen-bond acceptors (Lipinski definition) is 6. The van der Waals surface area contributed by atoms with Gasteiger partial charge in [0.15, 0.2) is 5.78 Å². The zero-order valence-corrected chi connectivity index (χ0v) is 14.2. The highest BCUT2D eigenvalue weighted by molar-refractivity contribution is 5.81. The zero-order chi connectivity index (χ0) is 17.5. The van der Waals surface area contributed by atoms with E-state index in [0.29, 0.717) is 32.9 Å². The smallest absolute Gasteiger partial charge is 0.246 e. The lowest BCUT2D eigenvalue weighted by molar-refractivity contribution is -0.127. The Morgan fingerprint density at radius 3 is 2.04 bits per heavy atom. The van der Waals surface area contributed by atoms with Crippen molar-refractivity contribution in [3.8, 4) is 0 Å². The van der Waals surface area contributed by atoms with Gasteiger partial charge in [-0.3, -0.25) is 14.4 Å². The second-order valence-corrected chi connectivity index (χ2v) is 5.17. The fraction of sp³-hybridized carbons (Fsp3) is 0.800. The molecule has 0 atom stereocenters. The van der Waals surface area contributed by atoms with Gasteiger partial charge in [0, 0.05) is 25.9 Å². The highest BCUT2D eigenvalue weighted by atomic mass is 16.5. The second kappa shape index (κ2) is 14.1. The first-order chi connectivity index (χ1) is 10.9. The Morgan fingerprint density at radius 2 is 1.39 bits per heavy atom. The minimum Gasteiger partial charge on any atom is -0.377 e. The lowest BCUT2D eigenvalue weighted by Crippen LogP contribution is -2.32. The number of ether oxygens (including phenoxy) is 3. The van der Waals surface area contributed by atoms with Gasteiger partial charge in [0.25, 0.3) is 0 Å². The number of carbonyl (C=O) groups excluding carboxylic acids is 3. The molecular weight excluding hydrogens is 304 g/mol. The molecule has 0 rings (SSSR count). The van der Waals surface area contributed by atoms with Gasteiger partial charge in [-0.2, -0.15) is 0 Å². The number of hydrogen-bond donors (Lipinski definition) is 2. The summed E-state index contributed by atoms with van der Waals surface area (Å²) in [7, 11) is 0. The number of nitrogens with one attached hydrogen (secondary N) is 2.